The van der Waals surface area contributed by atoms with Crippen LogP contribution in [0.2, 0.25) is 0 Å². The van der Waals surface area contributed by atoms with Crippen molar-refractivity contribution in [2.24, 2.45) is 4.99 Å². The van der Waals surface area contributed by atoms with E-state index in [9.17, 15) is 0 Å². The van der Waals surface area contributed by atoms with Crippen LogP contribution in [0.5, 0.6) is 0 Å². The second kappa shape index (κ2) is 18.3. The van der Waals surface area contributed by atoms with Crippen LogP contribution in [0.3, 0.4) is 0 Å². The van der Waals surface area contributed by atoms with E-state index < -0.39 is 0 Å². The first-order chi connectivity index (χ1) is 34.6. The zero-order chi connectivity index (χ0) is 46.7. The second-order valence-electron chi connectivity index (χ2n) is 17.9. The molecular weight excluding hydrogens is 1090 g/mol. The number of rotatable bonds is 9. The van der Waals surface area contributed by atoms with E-state index in [2.05, 4.69) is 264 Å². The summed E-state index contributed by atoms with van der Waals surface area (Å²) in [5, 5.41) is 7.17. The molecule has 0 radical (unpaired) electrons. The Kier molecular flexibility index (Phi) is 11.3. The molecule has 0 spiro atoms. The number of hydrogen-bond donors (Lipinski definition) is 0. The first-order valence-electron chi connectivity index (χ1n) is 23.7. The standard InChI is InChI=1S/C66H44N4.U/c1-44(46-19-6-3-7-20-46)60(43-67-45(2)68-61-30-15-12-27-54(61)55-28-13-16-31-62(55)68)51-22-18-21-47(39-51)48-33-37-65-58(41-48)59-42-50(35-38-66(59)70(65)53-25-10-5-11-26-53)49-34-36-64-57(40-49)56-29-14-17-32-63(56)69(64)52-23-8-4-9-24-52;/h3-21,23-42H,2H2,1H3;/q-2;+2/b60-44-;. The first kappa shape index (κ1) is 44.0. The zero-order valence-electron chi connectivity index (χ0n) is 39.0. The topological polar surface area (TPSA) is 27.1 Å². The van der Waals surface area contributed by atoms with E-state index >= 15 is 0 Å². The minimum atomic E-state index is 0. The number of hydrogen-bond acceptors (Lipinski definition) is 1. The number of aromatic nitrogens is 3. The molecule has 0 amide bonds. The molecule has 0 bridgehead atoms. The van der Waals surface area contributed by atoms with Crippen molar-refractivity contribution < 1.29 is 31.1 Å². The van der Waals surface area contributed by atoms with Crippen molar-refractivity contribution >= 4 is 88.6 Å². The van der Waals surface area contributed by atoms with Crippen LogP contribution in [0.1, 0.15) is 18.1 Å². The largest absolute Gasteiger partial charge is 2.00 e. The fraction of sp³-hybridized carbons (Fsp3) is 0.0152. The third kappa shape index (κ3) is 7.58. The van der Waals surface area contributed by atoms with Crippen molar-refractivity contribution in [1.82, 2.24) is 13.7 Å². The van der Waals surface area contributed by atoms with Gasteiger partial charge in [-0.3, -0.25) is 0 Å². The molecule has 13 aromatic rings. The van der Waals surface area contributed by atoms with Gasteiger partial charge in [0.2, 0.25) is 0 Å². The van der Waals surface area contributed by atoms with E-state index in [0.29, 0.717) is 5.82 Å². The third-order valence-corrected chi connectivity index (χ3v) is 13.9. The van der Waals surface area contributed by atoms with Gasteiger partial charge in [-0.1, -0.05) is 165 Å². The van der Waals surface area contributed by atoms with Gasteiger partial charge in [0.15, 0.2) is 0 Å². The maximum Gasteiger partial charge on any atom is 2.00 e. The predicted octanol–water partition coefficient (Wildman–Crippen LogP) is 17.1. The summed E-state index contributed by atoms with van der Waals surface area (Å²) in [5.74, 6) is 0.588. The van der Waals surface area contributed by atoms with Crippen LogP contribution in [0, 0.1) is 37.2 Å². The van der Waals surface area contributed by atoms with Crippen LogP contribution in [-0.2, 0) is 0 Å². The molecule has 0 unspecified atom stereocenters. The molecule has 0 fully saturated rings. The van der Waals surface area contributed by atoms with Crippen LogP contribution >= 0.6 is 0 Å². The maximum absolute atomic E-state index is 5.02. The van der Waals surface area contributed by atoms with Crippen LogP contribution in [0.4, 0.5) is 0 Å². The Bertz CT molecular complexity index is 4190. The summed E-state index contributed by atoms with van der Waals surface area (Å²) in [7, 11) is 0. The summed E-state index contributed by atoms with van der Waals surface area (Å²) in [6, 6.07) is 88.0. The maximum atomic E-state index is 5.02. The van der Waals surface area contributed by atoms with Crippen LogP contribution in [-0.4, -0.2) is 19.9 Å². The van der Waals surface area contributed by atoms with E-state index in [1.165, 1.54) is 43.7 Å². The molecule has 0 saturated heterocycles. The summed E-state index contributed by atoms with van der Waals surface area (Å²) in [6.07, 6.45) is 3.51. The Balaban J connectivity index is 0.00000517. The molecule has 0 aliphatic heterocycles. The average molecular weight is 1130 g/mol. The number of allylic oxidation sites excluding steroid dienone is 2. The van der Waals surface area contributed by atoms with Gasteiger partial charge in [0.25, 0.3) is 0 Å². The molecule has 5 heteroatoms. The van der Waals surface area contributed by atoms with Gasteiger partial charge in [0.1, 0.15) is 0 Å². The number of benzene rings is 10. The molecule has 13 rings (SSSR count). The van der Waals surface area contributed by atoms with E-state index in [0.717, 1.165) is 77.6 Å². The molecule has 0 aliphatic carbocycles. The first-order valence-corrected chi connectivity index (χ1v) is 23.7. The smallest absolute Gasteiger partial charge is 0.346 e. The van der Waals surface area contributed by atoms with Crippen molar-refractivity contribution in [3.63, 3.8) is 0 Å². The summed E-state index contributed by atoms with van der Waals surface area (Å²) in [5.41, 5.74) is 17.5. The molecular formula is C66H44N4U. The Morgan fingerprint density at radius 3 is 1.32 bits per heavy atom. The van der Waals surface area contributed by atoms with Crippen molar-refractivity contribution in [2.45, 2.75) is 6.92 Å². The molecule has 10 aromatic carbocycles. The Labute approximate surface area is 436 Å². The number of fused-ring (bicyclic) bond motifs is 9. The van der Waals surface area contributed by atoms with Gasteiger partial charge >= 0.3 is 31.1 Å². The summed E-state index contributed by atoms with van der Waals surface area (Å²) >= 11 is 0. The molecule has 0 atom stereocenters. The van der Waals surface area contributed by atoms with Crippen molar-refractivity contribution in [1.29, 1.82) is 0 Å². The Morgan fingerprint density at radius 2 is 0.817 bits per heavy atom. The molecule has 332 valence electrons. The second-order valence-corrected chi connectivity index (χ2v) is 17.9. The predicted molar refractivity (Wildman–Crippen MR) is 296 cm³/mol. The molecule has 0 saturated carbocycles. The van der Waals surface area contributed by atoms with Gasteiger partial charge in [-0.2, -0.15) is 23.8 Å². The number of para-hydroxylation sites is 5. The average Bonchev–Trinajstić information content (AvgIpc) is 4.07. The molecule has 4 nitrogen and oxygen atoms in total. The SMILES string of the molecule is C=C(N=[C-]/C(=C(\C)c1ccccc1)c1[c-]ccc(-c2ccc3c(c2)c2cc(-c4ccc5c(c4)c4ccccc4n5-c4ccccc4)ccc2n3-c2ccccc2)c1)n1c2ccccc2c2ccccc21.[U+2]. The van der Waals surface area contributed by atoms with E-state index in [-0.39, 0.29) is 31.1 Å². The van der Waals surface area contributed by atoms with Gasteiger partial charge < -0.3 is 18.7 Å². The fourth-order valence-corrected chi connectivity index (χ4v) is 10.6. The summed E-state index contributed by atoms with van der Waals surface area (Å²) < 4.78 is 6.89. The van der Waals surface area contributed by atoms with E-state index in [4.69, 9.17) is 4.99 Å². The van der Waals surface area contributed by atoms with Gasteiger partial charge in [0, 0.05) is 54.7 Å². The minimum absolute atomic E-state index is 0. The monoisotopic (exact) mass is 1130 g/mol. The fourth-order valence-electron chi connectivity index (χ4n) is 10.6. The van der Waals surface area contributed by atoms with Gasteiger partial charge in [0.05, 0.1) is 27.9 Å². The number of nitrogens with zero attached hydrogens (tertiary/aromatic N) is 4. The van der Waals surface area contributed by atoms with Gasteiger partial charge in [-0.25, -0.2) is 11.1 Å². The third-order valence-electron chi connectivity index (χ3n) is 13.9. The van der Waals surface area contributed by atoms with E-state index in [1.54, 1.807) is 0 Å². The summed E-state index contributed by atoms with van der Waals surface area (Å²) in [6.45, 7) is 6.64. The van der Waals surface area contributed by atoms with Crippen molar-refractivity contribution in [3.05, 3.63) is 260 Å². The van der Waals surface area contributed by atoms with Crippen LogP contribution in [0.15, 0.2) is 248 Å². The number of aliphatic imine (C=N–C) groups is 1. The van der Waals surface area contributed by atoms with Crippen molar-refractivity contribution in [3.8, 4) is 33.6 Å². The molecule has 3 heterocycles. The Hall–Kier alpha value is -8.20. The van der Waals surface area contributed by atoms with Crippen LogP contribution < -0.4 is 0 Å². The van der Waals surface area contributed by atoms with Gasteiger partial charge in [-0.05, 0) is 95.6 Å². The Morgan fingerprint density at radius 1 is 0.423 bits per heavy atom. The molecule has 71 heavy (non-hydrogen) atoms. The van der Waals surface area contributed by atoms with Crippen LogP contribution in [0.25, 0.3) is 116 Å². The quantitative estimate of drug-likeness (QED) is 0.0783. The van der Waals surface area contributed by atoms with E-state index in [1.807, 2.05) is 12.1 Å². The summed E-state index contributed by atoms with van der Waals surface area (Å²) in [4.78, 5) is 5.02. The van der Waals surface area contributed by atoms with Crippen molar-refractivity contribution in [2.75, 3.05) is 0 Å². The molecule has 3 aromatic heterocycles. The zero-order valence-corrected chi connectivity index (χ0v) is 43.2. The van der Waals surface area contributed by atoms with Gasteiger partial charge in [-0.15, -0.1) is 11.6 Å². The molecule has 0 aliphatic rings. The molecule has 0 N–H and O–H groups in total. The minimum Gasteiger partial charge on any atom is -0.346 e. The normalized spacial score (nSPS) is 12.1.